The second-order valence-corrected chi connectivity index (χ2v) is 9.58. The van der Waals surface area contributed by atoms with Gasteiger partial charge >= 0.3 is 0 Å². The summed E-state index contributed by atoms with van der Waals surface area (Å²) < 4.78 is 27.4. The molecule has 0 aromatic carbocycles. The van der Waals surface area contributed by atoms with Gasteiger partial charge in [-0.2, -0.15) is 17.0 Å². The summed E-state index contributed by atoms with van der Waals surface area (Å²) in [5.74, 6) is 0.0878. The van der Waals surface area contributed by atoms with E-state index in [-0.39, 0.29) is 11.9 Å². The fourth-order valence-electron chi connectivity index (χ4n) is 3.89. The van der Waals surface area contributed by atoms with Crippen molar-refractivity contribution in [3.05, 3.63) is 23.5 Å². The predicted molar refractivity (Wildman–Crippen MR) is 105 cm³/mol. The van der Waals surface area contributed by atoms with E-state index < -0.39 is 10.2 Å². The van der Waals surface area contributed by atoms with Crippen molar-refractivity contribution in [2.45, 2.75) is 32.7 Å². The molecule has 1 aromatic rings. The summed E-state index contributed by atoms with van der Waals surface area (Å²) in [6, 6.07) is 4.14. The molecule has 0 saturated carbocycles. The summed E-state index contributed by atoms with van der Waals surface area (Å²) in [4.78, 5) is 20.7. The van der Waals surface area contributed by atoms with Gasteiger partial charge in [0.15, 0.2) is 0 Å². The highest BCUT2D eigenvalue weighted by Crippen LogP contribution is 2.33. The fourth-order valence-corrected chi connectivity index (χ4v) is 4.97. The summed E-state index contributed by atoms with van der Waals surface area (Å²) in [7, 11) is -0.252. The number of likely N-dealkylation sites (tertiary alicyclic amines) is 1. The first-order valence-corrected chi connectivity index (χ1v) is 10.8. The molecule has 0 bridgehead atoms. The van der Waals surface area contributed by atoms with Gasteiger partial charge in [-0.15, -0.1) is 0 Å². The number of hydrogen-bond acceptors (Lipinski definition) is 5. The second kappa shape index (κ2) is 7.73. The van der Waals surface area contributed by atoms with Crippen LogP contribution in [0.3, 0.4) is 0 Å². The second-order valence-electron chi connectivity index (χ2n) is 7.44. The van der Waals surface area contributed by atoms with Crippen molar-refractivity contribution in [3.8, 4) is 0 Å². The third-order valence-corrected chi connectivity index (χ3v) is 7.29. The quantitative estimate of drug-likeness (QED) is 0.760. The SMILES string of the molecule is CC(=O)N1CCCC1c1cc(N2CCN(S(=O)(=O)N(C)C)CC2)cc(C)n1. The van der Waals surface area contributed by atoms with Crippen molar-refractivity contribution in [3.63, 3.8) is 0 Å². The minimum atomic E-state index is -3.37. The van der Waals surface area contributed by atoms with Crippen molar-refractivity contribution in [1.29, 1.82) is 0 Å². The Balaban J connectivity index is 1.77. The van der Waals surface area contributed by atoms with E-state index in [1.807, 2.05) is 17.9 Å². The molecule has 0 spiro atoms. The number of anilines is 1. The zero-order valence-corrected chi connectivity index (χ0v) is 17.4. The van der Waals surface area contributed by atoms with Crippen LogP contribution in [-0.4, -0.2) is 79.6 Å². The van der Waals surface area contributed by atoms with Crippen LogP contribution >= 0.6 is 0 Å². The molecule has 3 heterocycles. The van der Waals surface area contributed by atoms with Crippen LogP contribution in [0.5, 0.6) is 0 Å². The van der Waals surface area contributed by atoms with Crippen LogP contribution in [0.2, 0.25) is 0 Å². The van der Waals surface area contributed by atoms with Gasteiger partial charge in [0, 0.05) is 65.1 Å². The number of hydrogen-bond donors (Lipinski definition) is 0. The summed E-state index contributed by atoms with van der Waals surface area (Å²) in [6.07, 6.45) is 1.93. The number of amides is 1. The first kappa shape index (κ1) is 20.0. The molecular weight excluding hydrogens is 366 g/mol. The molecule has 3 rings (SSSR count). The summed E-state index contributed by atoms with van der Waals surface area (Å²) in [5, 5.41) is 0. The molecule has 2 saturated heterocycles. The molecule has 1 atom stereocenters. The van der Waals surface area contributed by atoms with Gasteiger partial charge < -0.3 is 9.80 Å². The van der Waals surface area contributed by atoms with E-state index in [1.54, 1.807) is 21.0 Å². The number of rotatable bonds is 4. The number of carbonyl (C=O) groups excluding carboxylic acids is 1. The Bertz CT molecular complexity index is 803. The number of piperazine rings is 1. The molecule has 1 aromatic heterocycles. The van der Waals surface area contributed by atoms with E-state index in [2.05, 4.69) is 16.0 Å². The zero-order chi connectivity index (χ0) is 19.8. The average Bonchev–Trinajstić information content (AvgIpc) is 3.11. The Morgan fingerprint density at radius 3 is 2.41 bits per heavy atom. The largest absolute Gasteiger partial charge is 0.369 e. The number of carbonyl (C=O) groups is 1. The van der Waals surface area contributed by atoms with Gasteiger partial charge in [0.2, 0.25) is 5.91 Å². The van der Waals surface area contributed by atoms with Crippen molar-refractivity contribution >= 4 is 21.8 Å². The lowest BCUT2D eigenvalue weighted by atomic mass is 10.1. The highest BCUT2D eigenvalue weighted by molar-refractivity contribution is 7.86. The first-order valence-electron chi connectivity index (χ1n) is 9.38. The molecular formula is C18H29N5O3S. The van der Waals surface area contributed by atoms with E-state index in [9.17, 15) is 13.2 Å². The summed E-state index contributed by atoms with van der Waals surface area (Å²) in [6.45, 7) is 6.55. The smallest absolute Gasteiger partial charge is 0.281 e. The normalized spacial score (nSPS) is 21.9. The molecule has 8 nitrogen and oxygen atoms in total. The van der Waals surface area contributed by atoms with E-state index >= 15 is 0 Å². The van der Waals surface area contributed by atoms with Gasteiger partial charge in [-0.3, -0.25) is 9.78 Å². The fraction of sp³-hybridized carbons (Fsp3) is 0.667. The minimum absolute atomic E-state index is 0.0385. The zero-order valence-electron chi connectivity index (χ0n) is 16.6. The lowest BCUT2D eigenvalue weighted by molar-refractivity contribution is -0.129. The molecule has 1 unspecified atom stereocenters. The molecule has 0 aliphatic carbocycles. The van der Waals surface area contributed by atoms with Crippen LogP contribution in [0.25, 0.3) is 0 Å². The molecule has 27 heavy (non-hydrogen) atoms. The topological polar surface area (TPSA) is 77.1 Å². The van der Waals surface area contributed by atoms with Gasteiger partial charge in [-0.05, 0) is 31.9 Å². The highest BCUT2D eigenvalue weighted by atomic mass is 32.2. The molecule has 2 fully saturated rings. The Morgan fingerprint density at radius 2 is 1.81 bits per heavy atom. The lowest BCUT2D eigenvalue weighted by Gasteiger charge is -2.36. The maximum atomic E-state index is 12.3. The van der Waals surface area contributed by atoms with Crippen LogP contribution < -0.4 is 4.90 Å². The number of aryl methyl sites for hydroxylation is 1. The van der Waals surface area contributed by atoms with Gasteiger partial charge in [-0.1, -0.05) is 0 Å². The minimum Gasteiger partial charge on any atom is -0.369 e. The molecule has 1 amide bonds. The third kappa shape index (κ3) is 4.09. The van der Waals surface area contributed by atoms with Gasteiger partial charge in [0.05, 0.1) is 11.7 Å². The van der Waals surface area contributed by atoms with E-state index in [4.69, 9.17) is 0 Å². The number of aromatic nitrogens is 1. The van der Waals surface area contributed by atoms with Gasteiger partial charge in [0.1, 0.15) is 0 Å². The lowest BCUT2D eigenvalue weighted by Crippen LogP contribution is -2.51. The van der Waals surface area contributed by atoms with Crippen molar-refractivity contribution < 1.29 is 13.2 Å². The molecule has 0 radical (unpaired) electrons. The van der Waals surface area contributed by atoms with E-state index in [0.29, 0.717) is 26.2 Å². The van der Waals surface area contributed by atoms with Crippen molar-refractivity contribution in [1.82, 2.24) is 18.5 Å². The maximum Gasteiger partial charge on any atom is 0.281 e. The summed E-state index contributed by atoms with van der Waals surface area (Å²) in [5.41, 5.74) is 2.90. The van der Waals surface area contributed by atoms with Crippen molar-refractivity contribution in [2.24, 2.45) is 0 Å². The monoisotopic (exact) mass is 395 g/mol. The van der Waals surface area contributed by atoms with E-state index in [1.165, 1.54) is 8.61 Å². The standard InChI is InChI=1S/C18H29N5O3S/c1-14-12-16(13-17(19-14)18-6-5-7-23(18)15(2)24)21-8-10-22(11-9-21)27(25,26)20(3)4/h12-13,18H,5-11H2,1-4H3. The molecule has 9 heteroatoms. The maximum absolute atomic E-state index is 12.3. The average molecular weight is 396 g/mol. The van der Waals surface area contributed by atoms with Crippen LogP contribution in [0.4, 0.5) is 5.69 Å². The Hall–Kier alpha value is -1.71. The molecule has 150 valence electrons. The summed E-state index contributed by atoms with van der Waals surface area (Å²) >= 11 is 0. The number of pyridine rings is 1. The third-order valence-electron chi connectivity index (χ3n) is 5.35. The van der Waals surface area contributed by atoms with Crippen LogP contribution in [-0.2, 0) is 15.0 Å². The Morgan fingerprint density at radius 1 is 1.15 bits per heavy atom. The van der Waals surface area contributed by atoms with Crippen LogP contribution in [0, 0.1) is 6.92 Å². The first-order chi connectivity index (χ1) is 12.7. The van der Waals surface area contributed by atoms with Crippen LogP contribution in [0.15, 0.2) is 12.1 Å². The van der Waals surface area contributed by atoms with Gasteiger partial charge in [-0.25, -0.2) is 0 Å². The Labute approximate surface area is 161 Å². The Kier molecular flexibility index (Phi) is 5.73. The molecule has 2 aliphatic rings. The highest BCUT2D eigenvalue weighted by Gasteiger charge is 2.31. The van der Waals surface area contributed by atoms with Crippen LogP contribution in [0.1, 0.15) is 37.2 Å². The number of nitrogens with zero attached hydrogens (tertiary/aromatic N) is 5. The molecule has 2 aliphatic heterocycles. The predicted octanol–water partition coefficient (Wildman–Crippen LogP) is 1.00. The van der Waals surface area contributed by atoms with E-state index in [0.717, 1.165) is 36.5 Å². The van der Waals surface area contributed by atoms with Gasteiger partial charge in [0.25, 0.3) is 10.2 Å². The molecule has 0 N–H and O–H groups in total. The van der Waals surface area contributed by atoms with Crippen molar-refractivity contribution in [2.75, 3.05) is 51.7 Å².